The summed E-state index contributed by atoms with van der Waals surface area (Å²) in [6.45, 7) is -0.283. The highest BCUT2D eigenvalue weighted by Gasteiger charge is 2.30. The molecule has 0 aliphatic carbocycles. The van der Waals surface area contributed by atoms with Gasteiger partial charge in [-0.15, -0.1) is 0 Å². The number of aliphatic hydroxyl groups excluding tert-OH is 1. The van der Waals surface area contributed by atoms with E-state index in [1.165, 1.54) is 0 Å². The molecule has 0 bridgehead atoms. The van der Waals surface area contributed by atoms with Gasteiger partial charge in [-0.05, 0) is 32.2 Å². The van der Waals surface area contributed by atoms with E-state index in [1.54, 1.807) is 0 Å². The lowest BCUT2D eigenvalue weighted by Crippen LogP contribution is -2.58. The minimum Gasteiger partial charge on any atom is -0.480 e. The van der Waals surface area contributed by atoms with Crippen LogP contribution >= 0.6 is 0 Å². The van der Waals surface area contributed by atoms with Crippen molar-refractivity contribution in [3.63, 3.8) is 0 Å². The average molecular weight is 504 g/mol. The van der Waals surface area contributed by atoms with Crippen LogP contribution in [0.15, 0.2) is 4.99 Å². The third-order valence-electron chi connectivity index (χ3n) is 4.72. The van der Waals surface area contributed by atoms with Crippen molar-refractivity contribution in [1.82, 2.24) is 16.0 Å². The largest absolute Gasteiger partial charge is 0.480 e. The van der Waals surface area contributed by atoms with Gasteiger partial charge in [0.1, 0.15) is 18.1 Å². The number of nitrogens with one attached hydrogen (secondary N) is 3. The summed E-state index contributed by atoms with van der Waals surface area (Å²) in [7, 11) is 0. The molecule has 0 heterocycles. The second-order valence-corrected chi connectivity index (χ2v) is 7.71. The molecule has 0 spiro atoms. The number of nitrogens with zero attached hydrogens (tertiary/aromatic N) is 1. The summed E-state index contributed by atoms with van der Waals surface area (Å²) < 4.78 is 0. The number of carboxylic acids is 1. The van der Waals surface area contributed by atoms with Gasteiger partial charge in [-0.1, -0.05) is 6.42 Å². The first-order valence-corrected chi connectivity index (χ1v) is 11.0. The van der Waals surface area contributed by atoms with E-state index >= 15 is 0 Å². The van der Waals surface area contributed by atoms with Crippen molar-refractivity contribution < 1.29 is 34.2 Å². The number of aliphatic carboxylic acids is 1. The maximum Gasteiger partial charge on any atom is 0.326 e. The summed E-state index contributed by atoms with van der Waals surface area (Å²) in [5, 5.41) is 25.5. The molecular formula is C19H37N9O7. The molecule has 15 N–H and O–H groups in total. The fourth-order valence-corrected chi connectivity index (χ4v) is 2.83. The maximum atomic E-state index is 12.6. The summed E-state index contributed by atoms with van der Waals surface area (Å²) >= 11 is 0. The Balaban J connectivity index is 5.19. The number of amides is 4. The fourth-order valence-electron chi connectivity index (χ4n) is 2.83. The molecule has 4 amide bonds. The van der Waals surface area contributed by atoms with E-state index < -0.39 is 66.8 Å². The quantitative estimate of drug-likeness (QED) is 0.0479. The van der Waals surface area contributed by atoms with Crippen molar-refractivity contribution in [2.75, 3.05) is 19.7 Å². The van der Waals surface area contributed by atoms with E-state index in [4.69, 9.17) is 28.7 Å². The van der Waals surface area contributed by atoms with Crippen LogP contribution in [0.4, 0.5) is 0 Å². The van der Waals surface area contributed by atoms with E-state index in [9.17, 15) is 34.2 Å². The van der Waals surface area contributed by atoms with Gasteiger partial charge in [0.15, 0.2) is 5.96 Å². The van der Waals surface area contributed by atoms with E-state index in [0.29, 0.717) is 25.8 Å². The van der Waals surface area contributed by atoms with Gasteiger partial charge in [-0.2, -0.15) is 0 Å². The number of guanidine groups is 1. The first-order valence-electron chi connectivity index (χ1n) is 11.0. The summed E-state index contributed by atoms with van der Waals surface area (Å²) in [5.41, 5.74) is 26.7. The third kappa shape index (κ3) is 13.7. The topological polar surface area (TPSA) is 304 Å². The van der Waals surface area contributed by atoms with Gasteiger partial charge in [0.2, 0.25) is 23.6 Å². The molecule has 0 fully saturated rings. The monoisotopic (exact) mass is 503 g/mol. The van der Waals surface area contributed by atoms with Crippen LogP contribution in [0, 0.1) is 0 Å². The molecule has 0 aromatic heterocycles. The lowest BCUT2D eigenvalue weighted by molar-refractivity contribution is -0.142. The minimum absolute atomic E-state index is 0.0491. The Morgan fingerprint density at radius 2 is 1.37 bits per heavy atom. The van der Waals surface area contributed by atoms with Gasteiger partial charge < -0.3 is 54.8 Å². The Hall–Kier alpha value is -3.50. The SMILES string of the molecule is NCCCCC(N)C(=O)NC(CO)C(=O)NC(CC(N)=O)C(=O)NC(CCCN=C(N)N)C(=O)O. The predicted molar refractivity (Wildman–Crippen MR) is 125 cm³/mol. The molecule has 0 saturated heterocycles. The number of aliphatic imine (C=N–C) groups is 1. The minimum atomic E-state index is -1.57. The highest BCUT2D eigenvalue weighted by molar-refractivity contribution is 5.96. The van der Waals surface area contributed by atoms with Crippen molar-refractivity contribution in [3.8, 4) is 0 Å². The van der Waals surface area contributed by atoms with Gasteiger partial charge in [-0.25, -0.2) is 4.79 Å². The highest BCUT2D eigenvalue weighted by atomic mass is 16.4. The summed E-state index contributed by atoms with van der Waals surface area (Å²) in [6, 6.07) is -5.38. The van der Waals surface area contributed by atoms with Crippen LogP contribution in [-0.2, 0) is 24.0 Å². The summed E-state index contributed by atoms with van der Waals surface area (Å²) in [6.07, 6.45) is 1.04. The second-order valence-electron chi connectivity index (χ2n) is 7.71. The van der Waals surface area contributed by atoms with Crippen LogP contribution in [0.1, 0.15) is 38.5 Å². The zero-order valence-corrected chi connectivity index (χ0v) is 19.4. The number of hydrogen-bond donors (Lipinski definition) is 10. The standard InChI is InChI=1S/C19H37N9O7/c20-6-2-1-4-10(21)15(31)28-13(9-29)17(33)27-12(8-14(22)30)16(32)26-11(18(34)35)5-3-7-25-19(23)24/h10-13,29H,1-9,20-21H2,(H2,22,30)(H,26,32)(H,27,33)(H,28,31)(H,34,35)(H4,23,24,25). The van der Waals surface area contributed by atoms with Crippen LogP contribution in [0.3, 0.4) is 0 Å². The van der Waals surface area contributed by atoms with Crippen LogP contribution in [-0.4, -0.2) is 89.6 Å². The smallest absolute Gasteiger partial charge is 0.326 e. The Bertz CT molecular complexity index is 759. The number of carbonyl (C=O) groups is 5. The van der Waals surface area contributed by atoms with Gasteiger partial charge >= 0.3 is 5.97 Å². The van der Waals surface area contributed by atoms with Crippen LogP contribution < -0.4 is 44.6 Å². The molecule has 0 radical (unpaired) electrons. The van der Waals surface area contributed by atoms with Crippen molar-refractivity contribution in [2.24, 2.45) is 33.7 Å². The number of primary amides is 1. The molecule has 200 valence electrons. The van der Waals surface area contributed by atoms with Crippen LogP contribution in [0.5, 0.6) is 0 Å². The average Bonchev–Trinajstić information content (AvgIpc) is 2.77. The van der Waals surface area contributed by atoms with E-state index in [-0.39, 0.29) is 25.3 Å². The Morgan fingerprint density at radius 3 is 1.89 bits per heavy atom. The van der Waals surface area contributed by atoms with Crippen molar-refractivity contribution >= 4 is 35.6 Å². The highest BCUT2D eigenvalue weighted by Crippen LogP contribution is 2.03. The number of rotatable bonds is 18. The molecule has 4 unspecified atom stereocenters. The lowest BCUT2D eigenvalue weighted by atomic mass is 10.1. The molecule has 16 nitrogen and oxygen atoms in total. The normalized spacial score (nSPS) is 14.0. The molecule has 35 heavy (non-hydrogen) atoms. The molecule has 0 aliphatic heterocycles. The molecule has 0 aromatic carbocycles. The molecular weight excluding hydrogens is 466 g/mol. The van der Waals surface area contributed by atoms with Crippen LogP contribution in [0.25, 0.3) is 0 Å². The van der Waals surface area contributed by atoms with E-state index in [1.807, 2.05) is 0 Å². The first kappa shape index (κ1) is 31.5. The number of nitrogens with two attached hydrogens (primary N) is 5. The van der Waals surface area contributed by atoms with Crippen molar-refractivity contribution in [3.05, 3.63) is 0 Å². The zero-order valence-electron chi connectivity index (χ0n) is 19.4. The number of carboxylic acid groups (broad SMARTS) is 1. The Morgan fingerprint density at radius 1 is 0.800 bits per heavy atom. The van der Waals surface area contributed by atoms with Gasteiger partial charge in [0, 0.05) is 6.54 Å². The van der Waals surface area contributed by atoms with Gasteiger partial charge in [-0.3, -0.25) is 24.2 Å². The zero-order chi connectivity index (χ0) is 27.0. The molecule has 0 rings (SSSR count). The van der Waals surface area contributed by atoms with Crippen molar-refractivity contribution in [2.45, 2.75) is 62.7 Å². The molecule has 0 aromatic rings. The molecule has 16 heteroatoms. The number of unbranched alkanes of at least 4 members (excludes halogenated alkanes) is 1. The van der Waals surface area contributed by atoms with Crippen LogP contribution in [0.2, 0.25) is 0 Å². The fraction of sp³-hybridized carbons (Fsp3) is 0.684. The number of aliphatic hydroxyl groups is 1. The molecule has 0 aliphatic rings. The molecule has 0 saturated carbocycles. The van der Waals surface area contributed by atoms with E-state index in [2.05, 4.69) is 20.9 Å². The van der Waals surface area contributed by atoms with E-state index in [0.717, 1.165) is 0 Å². The first-order chi connectivity index (χ1) is 16.4. The lowest BCUT2D eigenvalue weighted by Gasteiger charge is -2.24. The van der Waals surface area contributed by atoms with Gasteiger partial charge in [0.25, 0.3) is 0 Å². The summed E-state index contributed by atoms with van der Waals surface area (Å²) in [5.74, 6) is -5.22. The third-order valence-corrected chi connectivity index (χ3v) is 4.72. The second kappa shape index (κ2) is 17.0. The maximum absolute atomic E-state index is 12.6. The van der Waals surface area contributed by atoms with Gasteiger partial charge in [0.05, 0.1) is 19.1 Å². The van der Waals surface area contributed by atoms with Crippen molar-refractivity contribution in [1.29, 1.82) is 0 Å². The number of hydrogen-bond acceptors (Lipinski definition) is 9. The Labute approximate surface area is 202 Å². The predicted octanol–water partition coefficient (Wildman–Crippen LogP) is -5.10. The summed E-state index contributed by atoms with van der Waals surface area (Å²) in [4.78, 5) is 64.0. The Kier molecular flexibility index (Phi) is 15.3. The molecule has 4 atom stereocenters. The number of carbonyl (C=O) groups excluding carboxylic acids is 4.